The Hall–Kier alpha value is -3.05. The summed E-state index contributed by atoms with van der Waals surface area (Å²) in [6, 6.07) is 13.2. The Kier molecular flexibility index (Phi) is 11.3. The largest absolute Gasteiger partial charge is 0.505 e. The summed E-state index contributed by atoms with van der Waals surface area (Å²) < 4.78 is 4.86. The van der Waals surface area contributed by atoms with E-state index < -0.39 is 5.97 Å². The summed E-state index contributed by atoms with van der Waals surface area (Å²) in [5.74, 6) is -0.919. The lowest BCUT2D eigenvalue weighted by Crippen LogP contribution is -2.28. The standard InChI is InChI=1S/C21H19ClN2O3.C3H8.C2H6/c1-4-17-18-15(13-9-7-6-8-10-13)11-14(22)12-16(18)20(25)19(21(26)27-3)24(17)23-5-2;1-3-2;1-2/h4-12,25H,1-3H3;3H2,1-2H3;1-2H3/b17-4+,23-5-;;. The molecular formula is C26H33ClN2O3. The summed E-state index contributed by atoms with van der Waals surface area (Å²) >= 11 is 6.33. The second kappa shape index (κ2) is 13.4. The van der Waals surface area contributed by atoms with Crippen LogP contribution in [0.15, 0.2) is 59.3 Å². The van der Waals surface area contributed by atoms with Gasteiger partial charge in [0.1, 0.15) is 0 Å². The molecule has 3 rings (SSSR count). The molecule has 0 aromatic heterocycles. The second-order valence-electron chi connectivity index (χ2n) is 6.50. The van der Waals surface area contributed by atoms with E-state index in [4.69, 9.17) is 16.3 Å². The summed E-state index contributed by atoms with van der Waals surface area (Å²) in [4.78, 5) is 12.4. The van der Waals surface area contributed by atoms with Crippen molar-refractivity contribution in [1.29, 1.82) is 0 Å². The Labute approximate surface area is 196 Å². The highest BCUT2D eigenvalue weighted by Crippen LogP contribution is 2.44. The summed E-state index contributed by atoms with van der Waals surface area (Å²) in [6.45, 7) is 11.8. The van der Waals surface area contributed by atoms with Gasteiger partial charge in [0.15, 0.2) is 11.5 Å². The quantitative estimate of drug-likeness (QED) is 0.383. The van der Waals surface area contributed by atoms with Crippen LogP contribution >= 0.6 is 11.6 Å². The number of hydrazone groups is 1. The van der Waals surface area contributed by atoms with Crippen molar-refractivity contribution in [2.24, 2.45) is 5.10 Å². The van der Waals surface area contributed by atoms with E-state index in [0.717, 1.165) is 16.7 Å². The Balaban J connectivity index is 0.000000944. The fourth-order valence-corrected chi connectivity index (χ4v) is 3.37. The fraction of sp³-hybridized carbons (Fsp3) is 0.308. The van der Waals surface area contributed by atoms with E-state index in [0.29, 0.717) is 16.3 Å². The highest BCUT2D eigenvalue weighted by molar-refractivity contribution is 6.31. The van der Waals surface area contributed by atoms with Gasteiger partial charge in [0.25, 0.3) is 0 Å². The third-order valence-electron chi connectivity index (χ3n) is 4.25. The maximum atomic E-state index is 12.4. The van der Waals surface area contributed by atoms with Crippen molar-refractivity contribution < 1.29 is 14.6 Å². The van der Waals surface area contributed by atoms with Crippen molar-refractivity contribution in [3.05, 3.63) is 70.4 Å². The molecular weight excluding hydrogens is 424 g/mol. The molecule has 2 aromatic rings. The van der Waals surface area contributed by atoms with Crippen LogP contribution in [-0.4, -0.2) is 29.4 Å². The molecule has 1 aliphatic rings. The first-order valence-electron chi connectivity index (χ1n) is 10.8. The van der Waals surface area contributed by atoms with Gasteiger partial charge < -0.3 is 9.84 Å². The van der Waals surface area contributed by atoms with Crippen molar-refractivity contribution in [3.8, 4) is 11.1 Å². The van der Waals surface area contributed by atoms with Crippen LogP contribution in [0.4, 0.5) is 0 Å². The zero-order valence-electron chi connectivity index (χ0n) is 19.9. The van der Waals surface area contributed by atoms with Gasteiger partial charge in [-0.3, -0.25) is 0 Å². The summed E-state index contributed by atoms with van der Waals surface area (Å²) in [7, 11) is 1.26. The number of aliphatic hydroxyl groups is 1. The molecule has 0 aliphatic carbocycles. The number of halogens is 1. The number of hydrogen-bond donors (Lipinski definition) is 1. The van der Waals surface area contributed by atoms with E-state index in [9.17, 15) is 9.90 Å². The monoisotopic (exact) mass is 456 g/mol. The van der Waals surface area contributed by atoms with E-state index in [-0.39, 0.29) is 11.5 Å². The molecule has 32 heavy (non-hydrogen) atoms. The number of rotatable bonds is 3. The van der Waals surface area contributed by atoms with Crippen molar-refractivity contribution in [2.75, 3.05) is 7.11 Å². The van der Waals surface area contributed by atoms with Gasteiger partial charge in [-0.15, -0.1) is 0 Å². The summed E-state index contributed by atoms with van der Waals surface area (Å²) in [5, 5.41) is 17.0. The zero-order chi connectivity index (χ0) is 24.3. The molecule has 1 heterocycles. The molecule has 2 aromatic carbocycles. The molecule has 0 atom stereocenters. The first-order chi connectivity index (χ1) is 15.4. The van der Waals surface area contributed by atoms with Gasteiger partial charge in [-0.2, -0.15) is 5.10 Å². The minimum absolute atomic E-state index is 0.0579. The predicted octanol–water partition coefficient (Wildman–Crippen LogP) is 7.53. The van der Waals surface area contributed by atoms with Gasteiger partial charge in [-0.25, -0.2) is 9.80 Å². The van der Waals surface area contributed by atoms with Crippen molar-refractivity contribution in [2.45, 2.75) is 48.0 Å². The van der Waals surface area contributed by atoms with Crippen LogP contribution < -0.4 is 0 Å². The SMILES string of the molecule is C/C=N\N1C(C(=O)OC)=C(O)c2cc(Cl)cc(-c3ccccc3)c2/C1=C\C.CC.CCC. The number of benzene rings is 2. The first kappa shape index (κ1) is 27.0. The van der Waals surface area contributed by atoms with Crippen LogP contribution in [0.5, 0.6) is 0 Å². The number of fused-ring (bicyclic) bond motifs is 1. The number of carbonyl (C=O) groups excluding carboxylic acids is 1. The topological polar surface area (TPSA) is 62.1 Å². The van der Waals surface area contributed by atoms with Crippen molar-refractivity contribution in [3.63, 3.8) is 0 Å². The van der Waals surface area contributed by atoms with E-state index in [1.165, 1.54) is 18.5 Å². The van der Waals surface area contributed by atoms with Crippen LogP contribution in [0.3, 0.4) is 0 Å². The van der Waals surface area contributed by atoms with Crippen LogP contribution in [0.2, 0.25) is 5.02 Å². The molecule has 0 saturated carbocycles. The highest BCUT2D eigenvalue weighted by Gasteiger charge is 2.35. The highest BCUT2D eigenvalue weighted by atomic mass is 35.5. The van der Waals surface area contributed by atoms with Gasteiger partial charge >= 0.3 is 5.97 Å². The number of ether oxygens (including phenoxy) is 1. The summed E-state index contributed by atoms with van der Waals surface area (Å²) in [5.41, 5.74) is 3.55. The number of esters is 1. The molecule has 0 fully saturated rings. The van der Waals surface area contributed by atoms with Gasteiger partial charge in [0.2, 0.25) is 0 Å². The van der Waals surface area contributed by atoms with E-state index in [1.807, 2.05) is 63.2 Å². The maximum absolute atomic E-state index is 12.4. The lowest BCUT2D eigenvalue weighted by atomic mass is 9.89. The van der Waals surface area contributed by atoms with Crippen LogP contribution in [0.1, 0.15) is 59.1 Å². The first-order valence-corrected chi connectivity index (χ1v) is 11.2. The number of methoxy groups -OCH3 is 1. The Bertz CT molecular complexity index is 996. The second-order valence-corrected chi connectivity index (χ2v) is 6.93. The van der Waals surface area contributed by atoms with Gasteiger partial charge in [0, 0.05) is 22.4 Å². The minimum atomic E-state index is -0.690. The minimum Gasteiger partial charge on any atom is -0.505 e. The summed E-state index contributed by atoms with van der Waals surface area (Å²) in [6.07, 6.45) is 4.63. The Morgan fingerprint density at radius 3 is 2.19 bits per heavy atom. The van der Waals surface area contributed by atoms with Gasteiger partial charge in [-0.05, 0) is 37.1 Å². The smallest absolute Gasteiger partial charge is 0.360 e. The molecule has 0 saturated heterocycles. The number of allylic oxidation sites excluding steroid dienone is 1. The molecule has 1 aliphatic heterocycles. The average Bonchev–Trinajstić information content (AvgIpc) is 2.81. The third kappa shape index (κ3) is 5.80. The van der Waals surface area contributed by atoms with E-state index in [1.54, 1.807) is 19.2 Å². The fourth-order valence-electron chi connectivity index (χ4n) is 3.15. The third-order valence-corrected chi connectivity index (χ3v) is 4.46. The number of nitrogens with zero attached hydrogens (tertiary/aromatic N) is 2. The number of aliphatic hydroxyl groups excluding tert-OH is 1. The van der Waals surface area contributed by atoms with Crippen molar-refractivity contribution in [1.82, 2.24) is 5.01 Å². The number of hydrogen-bond acceptors (Lipinski definition) is 5. The van der Waals surface area contributed by atoms with Crippen molar-refractivity contribution >= 4 is 35.2 Å². The van der Waals surface area contributed by atoms with Gasteiger partial charge in [-0.1, -0.05) is 82.1 Å². The number of carbonyl (C=O) groups is 1. The molecule has 0 spiro atoms. The molecule has 0 unspecified atom stereocenters. The molecule has 1 N–H and O–H groups in total. The molecule has 0 radical (unpaired) electrons. The molecule has 172 valence electrons. The zero-order valence-corrected chi connectivity index (χ0v) is 20.7. The van der Waals surface area contributed by atoms with Gasteiger partial charge in [0.05, 0.1) is 12.8 Å². The van der Waals surface area contributed by atoms with E-state index >= 15 is 0 Å². The predicted molar refractivity (Wildman–Crippen MR) is 135 cm³/mol. The van der Waals surface area contributed by atoms with E-state index in [2.05, 4.69) is 18.9 Å². The van der Waals surface area contributed by atoms with Crippen LogP contribution in [-0.2, 0) is 9.53 Å². The Morgan fingerprint density at radius 2 is 1.69 bits per heavy atom. The molecule has 0 bridgehead atoms. The normalized spacial score (nSPS) is 13.8. The van der Waals surface area contributed by atoms with Crippen LogP contribution in [0, 0.1) is 0 Å². The Morgan fingerprint density at radius 1 is 1.12 bits per heavy atom. The molecule has 0 amide bonds. The van der Waals surface area contributed by atoms with Crippen LogP contribution in [0.25, 0.3) is 22.6 Å². The average molecular weight is 457 g/mol. The maximum Gasteiger partial charge on any atom is 0.360 e. The molecule has 5 nitrogen and oxygen atoms in total. The lowest BCUT2D eigenvalue weighted by molar-refractivity contribution is -0.137. The molecule has 6 heteroatoms. The lowest BCUT2D eigenvalue weighted by Gasteiger charge is -2.31.